The van der Waals surface area contributed by atoms with Crippen LogP contribution in [0.3, 0.4) is 0 Å². The predicted octanol–water partition coefficient (Wildman–Crippen LogP) is 5.96. The Morgan fingerprint density at radius 3 is 2.20 bits per heavy atom. The van der Waals surface area contributed by atoms with E-state index in [2.05, 4.69) is 53.3 Å². The summed E-state index contributed by atoms with van der Waals surface area (Å²) in [4.78, 5) is 3.95. The molecular formula is C15H14ClNS3. The first-order chi connectivity index (χ1) is 9.74. The van der Waals surface area contributed by atoms with E-state index in [4.69, 9.17) is 11.6 Å². The summed E-state index contributed by atoms with van der Waals surface area (Å²) in [5, 5.41) is 7.96. The normalized spacial score (nSPS) is 14.3. The van der Waals surface area contributed by atoms with Crippen LogP contribution in [0.15, 0.2) is 47.2 Å². The third kappa shape index (κ3) is 3.15. The van der Waals surface area contributed by atoms with Gasteiger partial charge in [0.25, 0.3) is 0 Å². The van der Waals surface area contributed by atoms with Gasteiger partial charge in [-0.25, -0.2) is 0 Å². The summed E-state index contributed by atoms with van der Waals surface area (Å²) in [6.45, 7) is 2.21. The number of halogens is 1. The van der Waals surface area contributed by atoms with E-state index >= 15 is 0 Å². The van der Waals surface area contributed by atoms with Crippen LogP contribution in [0.5, 0.6) is 0 Å². The number of hydrogen-bond donors (Lipinski definition) is 1. The second-order valence-corrected chi connectivity index (χ2v) is 8.20. The average Bonchev–Trinajstić information content (AvgIpc) is 3.17. The van der Waals surface area contributed by atoms with Crippen molar-refractivity contribution in [2.24, 2.45) is 0 Å². The van der Waals surface area contributed by atoms with Gasteiger partial charge in [0.2, 0.25) is 0 Å². The molecule has 3 aromatic heterocycles. The molecule has 2 unspecified atom stereocenters. The zero-order valence-electron chi connectivity index (χ0n) is 10.9. The van der Waals surface area contributed by atoms with Crippen molar-refractivity contribution in [3.8, 4) is 0 Å². The van der Waals surface area contributed by atoms with Crippen molar-refractivity contribution < 1.29 is 0 Å². The highest BCUT2D eigenvalue weighted by Gasteiger charge is 2.20. The minimum Gasteiger partial charge on any atom is -0.297 e. The van der Waals surface area contributed by atoms with Crippen molar-refractivity contribution in [1.82, 2.24) is 5.32 Å². The standard InChI is InChI=1S/C15H14ClNS3/c1-10(11-4-2-8-18-11)17-15(12-5-3-9-19-12)13-6-7-14(16)20-13/h2-10,15,17H,1H3. The van der Waals surface area contributed by atoms with E-state index in [-0.39, 0.29) is 6.04 Å². The maximum absolute atomic E-state index is 6.10. The van der Waals surface area contributed by atoms with Gasteiger partial charge >= 0.3 is 0 Å². The van der Waals surface area contributed by atoms with Crippen LogP contribution in [-0.2, 0) is 0 Å². The molecule has 3 aromatic rings. The Hall–Kier alpha value is -0.650. The van der Waals surface area contributed by atoms with Gasteiger partial charge < -0.3 is 0 Å². The summed E-state index contributed by atoms with van der Waals surface area (Å²) in [6, 6.07) is 13.2. The molecule has 0 saturated heterocycles. The highest BCUT2D eigenvalue weighted by molar-refractivity contribution is 7.16. The molecule has 0 aliphatic heterocycles. The van der Waals surface area contributed by atoms with Crippen molar-refractivity contribution >= 4 is 45.6 Å². The van der Waals surface area contributed by atoms with Crippen LogP contribution in [-0.4, -0.2) is 0 Å². The Balaban J connectivity index is 1.87. The van der Waals surface area contributed by atoms with Gasteiger partial charge in [-0.1, -0.05) is 23.7 Å². The minimum absolute atomic E-state index is 0.213. The molecule has 0 fully saturated rings. The van der Waals surface area contributed by atoms with E-state index in [0.717, 1.165) is 4.34 Å². The molecule has 104 valence electrons. The summed E-state index contributed by atoms with van der Waals surface area (Å²) in [5.74, 6) is 0. The molecule has 1 nitrogen and oxygen atoms in total. The van der Waals surface area contributed by atoms with Crippen LogP contribution in [0.2, 0.25) is 4.34 Å². The summed E-state index contributed by atoms with van der Waals surface area (Å²) in [7, 11) is 0. The second-order valence-electron chi connectivity index (χ2n) is 4.49. The van der Waals surface area contributed by atoms with E-state index in [1.807, 2.05) is 6.07 Å². The van der Waals surface area contributed by atoms with Crippen LogP contribution in [0.4, 0.5) is 0 Å². The maximum Gasteiger partial charge on any atom is 0.0931 e. The zero-order chi connectivity index (χ0) is 13.9. The van der Waals surface area contributed by atoms with Crippen LogP contribution in [0, 0.1) is 0 Å². The quantitative estimate of drug-likeness (QED) is 0.604. The van der Waals surface area contributed by atoms with Crippen molar-refractivity contribution in [2.75, 3.05) is 0 Å². The van der Waals surface area contributed by atoms with Gasteiger partial charge in [0.1, 0.15) is 0 Å². The van der Waals surface area contributed by atoms with Crippen molar-refractivity contribution in [2.45, 2.75) is 19.0 Å². The Morgan fingerprint density at radius 2 is 1.65 bits per heavy atom. The lowest BCUT2D eigenvalue weighted by Crippen LogP contribution is -2.23. The smallest absolute Gasteiger partial charge is 0.0931 e. The summed E-state index contributed by atoms with van der Waals surface area (Å²) in [6.07, 6.45) is 0. The van der Waals surface area contributed by atoms with Crippen LogP contribution >= 0.6 is 45.6 Å². The number of rotatable bonds is 5. The van der Waals surface area contributed by atoms with Gasteiger partial charge in [0, 0.05) is 20.7 Å². The topological polar surface area (TPSA) is 12.0 Å². The molecule has 0 saturated carbocycles. The second kappa shape index (κ2) is 6.41. The van der Waals surface area contributed by atoms with Gasteiger partial charge in [-0.2, -0.15) is 0 Å². The fraction of sp³-hybridized carbons (Fsp3) is 0.200. The fourth-order valence-corrected chi connectivity index (χ4v) is 4.87. The molecular weight excluding hydrogens is 326 g/mol. The Labute approximate surface area is 135 Å². The molecule has 0 aromatic carbocycles. The predicted molar refractivity (Wildman–Crippen MR) is 91.4 cm³/mol. The maximum atomic E-state index is 6.10. The number of hydrogen-bond acceptors (Lipinski definition) is 4. The molecule has 0 spiro atoms. The first-order valence-electron chi connectivity index (χ1n) is 6.32. The third-order valence-electron chi connectivity index (χ3n) is 3.09. The van der Waals surface area contributed by atoms with Crippen molar-refractivity contribution in [1.29, 1.82) is 0 Å². The highest BCUT2D eigenvalue weighted by Crippen LogP contribution is 2.35. The summed E-state index contributed by atoms with van der Waals surface area (Å²) < 4.78 is 0.840. The lowest BCUT2D eigenvalue weighted by molar-refractivity contribution is 0.533. The summed E-state index contributed by atoms with van der Waals surface area (Å²) >= 11 is 11.3. The van der Waals surface area contributed by atoms with Crippen LogP contribution in [0.1, 0.15) is 33.6 Å². The molecule has 5 heteroatoms. The van der Waals surface area contributed by atoms with E-state index in [1.54, 1.807) is 34.0 Å². The molecule has 0 bridgehead atoms. The van der Waals surface area contributed by atoms with E-state index in [0.29, 0.717) is 6.04 Å². The van der Waals surface area contributed by atoms with E-state index in [1.165, 1.54) is 14.6 Å². The van der Waals surface area contributed by atoms with Crippen molar-refractivity contribution in [3.63, 3.8) is 0 Å². The average molecular weight is 340 g/mol. The number of thiophene rings is 3. The minimum atomic E-state index is 0.213. The van der Waals surface area contributed by atoms with Crippen LogP contribution in [0.25, 0.3) is 0 Å². The molecule has 3 rings (SSSR count). The SMILES string of the molecule is CC(NC(c1cccs1)c1ccc(Cl)s1)c1cccs1. The monoisotopic (exact) mass is 339 g/mol. The Morgan fingerprint density at radius 1 is 0.950 bits per heavy atom. The number of nitrogens with one attached hydrogen (secondary N) is 1. The molecule has 20 heavy (non-hydrogen) atoms. The van der Waals surface area contributed by atoms with Crippen LogP contribution < -0.4 is 5.32 Å². The highest BCUT2D eigenvalue weighted by atomic mass is 35.5. The lowest BCUT2D eigenvalue weighted by atomic mass is 10.1. The van der Waals surface area contributed by atoms with Gasteiger partial charge in [0.05, 0.1) is 10.4 Å². The Kier molecular flexibility index (Phi) is 4.58. The molecule has 0 aliphatic rings. The van der Waals surface area contributed by atoms with Gasteiger partial charge in [-0.05, 0) is 41.9 Å². The largest absolute Gasteiger partial charge is 0.297 e. The Bertz CT molecular complexity index is 643. The third-order valence-corrected chi connectivity index (χ3v) is 6.38. The molecule has 1 N–H and O–H groups in total. The molecule has 2 atom stereocenters. The van der Waals surface area contributed by atoms with Gasteiger partial charge in [0.15, 0.2) is 0 Å². The fourth-order valence-electron chi connectivity index (χ4n) is 2.11. The molecule has 0 aliphatic carbocycles. The molecule has 0 amide bonds. The molecule has 0 radical (unpaired) electrons. The first-order valence-corrected chi connectivity index (χ1v) is 9.27. The summed E-state index contributed by atoms with van der Waals surface area (Å²) in [5.41, 5.74) is 0. The lowest BCUT2D eigenvalue weighted by Gasteiger charge is -2.21. The molecule has 3 heterocycles. The van der Waals surface area contributed by atoms with E-state index < -0.39 is 0 Å². The zero-order valence-corrected chi connectivity index (χ0v) is 14.1. The first kappa shape index (κ1) is 14.3. The van der Waals surface area contributed by atoms with Crippen molar-refractivity contribution in [3.05, 3.63) is 66.1 Å². The van der Waals surface area contributed by atoms with E-state index in [9.17, 15) is 0 Å². The van der Waals surface area contributed by atoms with Gasteiger partial charge in [-0.3, -0.25) is 5.32 Å². The van der Waals surface area contributed by atoms with Gasteiger partial charge in [-0.15, -0.1) is 34.0 Å².